The molecule has 0 fully saturated rings. The van der Waals surface area contributed by atoms with Gasteiger partial charge in [0, 0.05) is 60.9 Å². The lowest BCUT2D eigenvalue weighted by Crippen LogP contribution is -2.53. The monoisotopic (exact) mass is 1170 g/mol. The average Bonchev–Trinajstić information content (AvgIpc) is 2.82. The summed E-state index contributed by atoms with van der Waals surface area (Å²) in [7, 11) is -4.19. The van der Waals surface area contributed by atoms with Gasteiger partial charge in [-0.1, -0.05) is 127 Å². The number of hydrogen-bond acceptors (Lipinski definition) is 14. The Hall–Kier alpha value is -6.26. The number of aromatic nitrogens is 2. The molecule has 15 nitrogen and oxygen atoms in total. The van der Waals surface area contributed by atoms with Crippen molar-refractivity contribution in [3.8, 4) is 22.8 Å². The lowest BCUT2D eigenvalue weighted by molar-refractivity contribution is -0.175. The van der Waals surface area contributed by atoms with E-state index in [0.717, 1.165) is 35.4 Å². The number of para-hydroxylation sites is 1. The standard InChI is InChI=1S/C67H95N3O12S/c1-20-69(21-2)47-34-35-50(59-51(32-28-38-68-59)61(74)81-60-45(4)70(22-3)52-33-27-26-31-49(52)60)53(41-47)77-39-40-78-57(72)36-37-58(73)80-55(66(16,17)64(12,13)43-54(63(9,10)11)79-46(5)71)44-65(14,15)67(18,19)56(42-62(6,7)8)82-83(75,76)48-29-24-23-25-30-48/h23-35,38,41,54-56H,20-22,36-37,39-40,42-44H2,1-19H3. The molecule has 5 rings (SSSR count). The number of ether oxygens (including phenoxy) is 5. The first-order chi connectivity index (χ1) is 38.5. The van der Waals surface area contributed by atoms with Crippen LogP contribution in [0, 0.1) is 39.4 Å². The Morgan fingerprint density at radius 2 is 1.25 bits per heavy atom. The number of esters is 4. The summed E-state index contributed by atoms with van der Waals surface area (Å²) in [6.07, 6.45) is 0.0781. The normalized spacial score (nSPS) is 13.9. The first-order valence-corrected chi connectivity index (χ1v) is 30.7. The van der Waals surface area contributed by atoms with Gasteiger partial charge >= 0.3 is 23.9 Å². The number of hydrogen-bond donors (Lipinski definition) is 0. The van der Waals surface area contributed by atoms with Crippen LogP contribution < -0.4 is 14.4 Å². The molecule has 0 bridgehead atoms. The van der Waals surface area contributed by atoms with Crippen LogP contribution in [-0.2, 0) is 49.4 Å². The molecule has 0 radical (unpaired) electrons. The number of aryl methyl sites for hydroxylation is 1. The van der Waals surface area contributed by atoms with Crippen LogP contribution in [0.2, 0.25) is 0 Å². The van der Waals surface area contributed by atoms with E-state index in [9.17, 15) is 27.6 Å². The summed E-state index contributed by atoms with van der Waals surface area (Å²) in [6, 6.07) is 25.0. The van der Waals surface area contributed by atoms with E-state index in [4.69, 9.17) is 27.9 Å². The van der Waals surface area contributed by atoms with E-state index in [1.54, 1.807) is 36.5 Å². The maximum Gasteiger partial charge on any atom is 0.345 e. The molecule has 2 heterocycles. The van der Waals surface area contributed by atoms with Crippen molar-refractivity contribution in [2.75, 3.05) is 31.2 Å². The fourth-order valence-corrected chi connectivity index (χ4v) is 11.8. The number of carbonyl (C=O) groups is 4. The molecule has 0 saturated carbocycles. The van der Waals surface area contributed by atoms with E-state index in [1.807, 2.05) is 139 Å². The second kappa shape index (κ2) is 27.2. The summed E-state index contributed by atoms with van der Waals surface area (Å²) in [4.78, 5) is 61.3. The van der Waals surface area contributed by atoms with Crippen LogP contribution in [0.5, 0.6) is 11.5 Å². The van der Waals surface area contributed by atoms with E-state index >= 15 is 0 Å². The number of carbonyl (C=O) groups excluding carboxylic acids is 4. The largest absolute Gasteiger partial charge is 0.489 e. The third kappa shape index (κ3) is 16.8. The number of benzene rings is 3. The summed E-state index contributed by atoms with van der Waals surface area (Å²) in [6.45, 7) is 40.0. The highest BCUT2D eigenvalue weighted by atomic mass is 32.2. The van der Waals surface area contributed by atoms with Gasteiger partial charge in [-0.05, 0) is 123 Å². The molecule has 0 aliphatic rings. The van der Waals surface area contributed by atoms with Gasteiger partial charge in [0.2, 0.25) is 0 Å². The number of anilines is 1. The van der Waals surface area contributed by atoms with Crippen molar-refractivity contribution in [1.82, 2.24) is 9.55 Å². The predicted molar refractivity (Wildman–Crippen MR) is 328 cm³/mol. The second-order valence-electron chi connectivity index (χ2n) is 26.6. The van der Waals surface area contributed by atoms with Gasteiger partial charge in [0.15, 0.2) is 5.75 Å². The minimum absolute atomic E-state index is 0.0566. The molecule has 3 unspecified atom stereocenters. The molecule has 0 amide bonds. The molecule has 2 aromatic heterocycles. The first kappa shape index (κ1) is 67.5. The van der Waals surface area contributed by atoms with Gasteiger partial charge < -0.3 is 33.2 Å². The van der Waals surface area contributed by atoms with E-state index in [2.05, 4.69) is 42.1 Å². The van der Waals surface area contributed by atoms with Gasteiger partial charge in [-0.15, -0.1) is 0 Å². The molecule has 0 spiro atoms. The maximum atomic E-state index is 14.3. The van der Waals surface area contributed by atoms with Gasteiger partial charge in [-0.2, -0.15) is 8.42 Å². The van der Waals surface area contributed by atoms with Crippen molar-refractivity contribution in [3.63, 3.8) is 0 Å². The molecule has 3 atom stereocenters. The maximum absolute atomic E-state index is 14.3. The fraction of sp³-hybridized carbons (Fsp3) is 0.567. The molecule has 0 aliphatic carbocycles. The van der Waals surface area contributed by atoms with Crippen molar-refractivity contribution in [2.45, 2.75) is 193 Å². The number of fused-ring (bicyclic) bond motifs is 1. The summed E-state index contributed by atoms with van der Waals surface area (Å²) in [5.74, 6) is -1.32. The minimum Gasteiger partial charge on any atom is -0.489 e. The van der Waals surface area contributed by atoms with Crippen LogP contribution in [0.3, 0.4) is 0 Å². The summed E-state index contributed by atoms with van der Waals surface area (Å²) in [5, 5.41) is 0.827. The second-order valence-corrected chi connectivity index (χ2v) is 28.1. The highest BCUT2D eigenvalue weighted by Gasteiger charge is 2.54. The van der Waals surface area contributed by atoms with Crippen molar-refractivity contribution in [3.05, 3.63) is 102 Å². The van der Waals surface area contributed by atoms with Crippen LogP contribution >= 0.6 is 0 Å². The fourth-order valence-electron chi connectivity index (χ4n) is 10.5. The predicted octanol–water partition coefficient (Wildman–Crippen LogP) is 14.8. The zero-order valence-corrected chi connectivity index (χ0v) is 53.9. The van der Waals surface area contributed by atoms with Crippen LogP contribution in [0.1, 0.15) is 173 Å². The highest BCUT2D eigenvalue weighted by Crippen LogP contribution is 2.55. The van der Waals surface area contributed by atoms with Crippen LogP contribution in [0.25, 0.3) is 22.2 Å². The molecule has 5 aromatic rings. The third-order valence-electron chi connectivity index (χ3n) is 17.3. The summed E-state index contributed by atoms with van der Waals surface area (Å²) >= 11 is 0. The number of rotatable bonds is 28. The summed E-state index contributed by atoms with van der Waals surface area (Å²) in [5.41, 5.74) is 0.0147. The average molecular weight is 1170 g/mol. The van der Waals surface area contributed by atoms with Gasteiger partial charge in [-0.25, -0.2) is 4.79 Å². The zero-order chi connectivity index (χ0) is 62.1. The molecular formula is C67H95N3O12S. The molecule has 83 heavy (non-hydrogen) atoms. The molecule has 3 aromatic carbocycles. The molecule has 0 saturated heterocycles. The summed E-state index contributed by atoms with van der Waals surface area (Å²) < 4.78 is 67.1. The van der Waals surface area contributed by atoms with Crippen LogP contribution in [-0.4, -0.2) is 86.5 Å². The first-order valence-electron chi connectivity index (χ1n) is 29.3. The Kier molecular flexibility index (Phi) is 22.1. The number of nitrogens with zero attached hydrogens (tertiary/aromatic N) is 3. The Morgan fingerprint density at radius 3 is 1.84 bits per heavy atom. The van der Waals surface area contributed by atoms with Gasteiger partial charge in [0.05, 0.1) is 46.3 Å². The SMILES string of the molecule is CCN(CC)c1ccc(-c2ncccc2C(=O)Oc2c(C)n(CC)c3ccccc23)c(OCCOC(=O)CCC(=O)OC(CC(C)(C)C(C)(C)C(CC(C)(C)C)OS(=O)(=O)c2ccccc2)C(C)(C)C(C)(C)CC(OC(C)=O)C(C)(C)C)c1. The Balaban J connectivity index is 1.37. The van der Waals surface area contributed by atoms with Crippen molar-refractivity contribution in [1.29, 1.82) is 0 Å². The topological polar surface area (TPSA) is 179 Å². The zero-order valence-electron chi connectivity index (χ0n) is 53.1. The van der Waals surface area contributed by atoms with E-state index in [1.165, 1.54) is 19.1 Å². The molecule has 456 valence electrons. The van der Waals surface area contributed by atoms with Crippen molar-refractivity contribution < 1.29 is 55.5 Å². The van der Waals surface area contributed by atoms with E-state index in [0.29, 0.717) is 42.1 Å². The Labute approximate surface area is 495 Å². The van der Waals surface area contributed by atoms with Crippen molar-refractivity contribution >= 4 is 50.6 Å². The minimum atomic E-state index is -4.19. The quantitative estimate of drug-likeness (QED) is 0.0200. The molecule has 0 aliphatic heterocycles. The van der Waals surface area contributed by atoms with Gasteiger partial charge in [0.25, 0.3) is 10.1 Å². The van der Waals surface area contributed by atoms with Crippen LogP contribution in [0.4, 0.5) is 5.69 Å². The lowest BCUT2D eigenvalue weighted by atomic mass is 9.55. The Morgan fingerprint density at radius 1 is 0.663 bits per heavy atom. The van der Waals surface area contributed by atoms with Gasteiger partial charge in [0.1, 0.15) is 31.2 Å². The molecule has 16 heteroatoms. The smallest absolute Gasteiger partial charge is 0.345 e. The third-order valence-corrected chi connectivity index (χ3v) is 18.6. The van der Waals surface area contributed by atoms with Crippen molar-refractivity contribution in [2.24, 2.45) is 32.5 Å². The highest BCUT2D eigenvalue weighted by molar-refractivity contribution is 7.86. The Bertz CT molecular complexity index is 3140. The molecular weight excluding hydrogens is 1070 g/mol. The van der Waals surface area contributed by atoms with Gasteiger partial charge in [-0.3, -0.25) is 23.6 Å². The number of pyridine rings is 1. The van der Waals surface area contributed by atoms with Crippen LogP contribution in [0.15, 0.2) is 96.0 Å². The van der Waals surface area contributed by atoms with E-state index < -0.39 is 79.4 Å². The molecule has 0 N–H and O–H groups in total. The lowest BCUT2D eigenvalue weighted by Gasteiger charge is -2.53. The van der Waals surface area contributed by atoms with E-state index in [-0.39, 0.29) is 48.4 Å².